The normalized spacial score (nSPS) is 10.8. The molecule has 0 saturated carbocycles. The largest absolute Gasteiger partial charge is 0.396 e. The van der Waals surface area contributed by atoms with Gasteiger partial charge in [0.2, 0.25) is 0 Å². The highest BCUT2D eigenvalue weighted by atomic mass is 127. The van der Waals surface area contributed by atoms with Crippen molar-refractivity contribution in [1.82, 2.24) is 4.90 Å². The van der Waals surface area contributed by atoms with E-state index in [1.807, 2.05) is 36.4 Å². The highest BCUT2D eigenvalue weighted by molar-refractivity contribution is 14.1. The van der Waals surface area contributed by atoms with Crippen molar-refractivity contribution in [2.75, 3.05) is 13.2 Å². The van der Waals surface area contributed by atoms with Gasteiger partial charge in [-0.2, -0.15) is 0 Å². The molecular formula is C13H17FINO2. The topological polar surface area (TPSA) is 40.5 Å². The molecule has 5 heteroatoms. The van der Waals surface area contributed by atoms with Crippen molar-refractivity contribution in [3.8, 4) is 0 Å². The van der Waals surface area contributed by atoms with Crippen LogP contribution in [0, 0.1) is 9.39 Å². The van der Waals surface area contributed by atoms with Crippen LogP contribution in [0.4, 0.5) is 4.39 Å². The Morgan fingerprint density at radius 3 is 2.67 bits per heavy atom. The third-order valence-electron chi connectivity index (χ3n) is 2.60. The summed E-state index contributed by atoms with van der Waals surface area (Å²) in [5.41, 5.74) is 0.503. The molecule has 0 bridgehead atoms. The van der Waals surface area contributed by atoms with Crippen LogP contribution in [0.3, 0.4) is 0 Å². The van der Waals surface area contributed by atoms with E-state index in [2.05, 4.69) is 0 Å². The number of carbonyl (C=O) groups is 1. The van der Waals surface area contributed by atoms with Gasteiger partial charge in [-0.3, -0.25) is 4.79 Å². The average molecular weight is 365 g/mol. The van der Waals surface area contributed by atoms with Gasteiger partial charge in [-0.05, 0) is 61.1 Å². The summed E-state index contributed by atoms with van der Waals surface area (Å²) in [4.78, 5) is 14.0. The molecule has 1 aromatic rings. The standard InChI is InChI=1S/C13H17FINO2/c1-9(2)16(6-3-7-17)13(18)11-5-4-10(14)8-12(11)15/h4-5,8-9,17H,3,6-7H2,1-2H3. The van der Waals surface area contributed by atoms with E-state index in [0.29, 0.717) is 22.1 Å². The summed E-state index contributed by atoms with van der Waals surface area (Å²) in [6, 6.07) is 4.19. The Kier molecular flexibility index (Phi) is 6.01. The van der Waals surface area contributed by atoms with Gasteiger partial charge in [-0.1, -0.05) is 0 Å². The van der Waals surface area contributed by atoms with Crippen LogP contribution in [-0.4, -0.2) is 35.1 Å². The predicted molar refractivity (Wildman–Crippen MR) is 77.0 cm³/mol. The highest BCUT2D eigenvalue weighted by Gasteiger charge is 2.20. The molecule has 1 rings (SSSR count). The number of rotatable bonds is 5. The van der Waals surface area contributed by atoms with Gasteiger partial charge in [-0.25, -0.2) is 4.39 Å². The van der Waals surface area contributed by atoms with Crippen LogP contribution >= 0.6 is 22.6 Å². The molecule has 0 aliphatic heterocycles. The monoisotopic (exact) mass is 365 g/mol. The maximum absolute atomic E-state index is 13.0. The first-order valence-electron chi connectivity index (χ1n) is 5.84. The Morgan fingerprint density at radius 1 is 1.50 bits per heavy atom. The zero-order chi connectivity index (χ0) is 13.7. The average Bonchev–Trinajstić information content (AvgIpc) is 2.28. The highest BCUT2D eigenvalue weighted by Crippen LogP contribution is 2.17. The fourth-order valence-electron chi connectivity index (χ4n) is 1.65. The van der Waals surface area contributed by atoms with E-state index in [1.54, 1.807) is 4.90 Å². The third kappa shape index (κ3) is 3.91. The van der Waals surface area contributed by atoms with Gasteiger partial charge >= 0.3 is 0 Å². The minimum atomic E-state index is -0.345. The van der Waals surface area contributed by atoms with Crippen LogP contribution in [0.2, 0.25) is 0 Å². The van der Waals surface area contributed by atoms with Crippen molar-refractivity contribution < 1.29 is 14.3 Å². The Balaban J connectivity index is 2.94. The second-order valence-corrected chi connectivity index (χ2v) is 5.46. The van der Waals surface area contributed by atoms with Gasteiger partial charge in [-0.15, -0.1) is 0 Å². The van der Waals surface area contributed by atoms with Crippen molar-refractivity contribution in [3.63, 3.8) is 0 Å². The van der Waals surface area contributed by atoms with E-state index in [4.69, 9.17) is 5.11 Å². The van der Waals surface area contributed by atoms with E-state index in [9.17, 15) is 9.18 Å². The minimum Gasteiger partial charge on any atom is -0.396 e. The Morgan fingerprint density at radius 2 is 2.17 bits per heavy atom. The molecule has 0 fully saturated rings. The van der Waals surface area contributed by atoms with Crippen LogP contribution < -0.4 is 0 Å². The summed E-state index contributed by atoms with van der Waals surface area (Å²) < 4.78 is 13.6. The molecular weight excluding hydrogens is 348 g/mol. The lowest BCUT2D eigenvalue weighted by Crippen LogP contribution is -2.38. The molecule has 1 N–H and O–H groups in total. The van der Waals surface area contributed by atoms with Crippen LogP contribution in [-0.2, 0) is 0 Å². The molecule has 1 aromatic carbocycles. The van der Waals surface area contributed by atoms with Crippen molar-refractivity contribution in [1.29, 1.82) is 0 Å². The van der Waals surface area contributed by atoms with E-state index in [1.165, 1.54) is 18.2 Å². The minimum absolute atomic E-state index is 0.0462. The number of hydrogen-bond donors (Lipinski definition) is 1. The fourth-order valence-corrected chi connectivity index (χ4v) is 2.36. The van der Waals surface area contributed by atoms with E-state index in [-0.39, 0.29) is 24.4 Å². The van der Waals surface area contributed by atoms with Gasteiger partial charge in [0.15, 0.2) is 0 Å². The van der Waals surface area contributed by atoms with Gasteiger partial charge in [0.05, 0.1) is 5.56 Å². The maximum Gasteiger partial charge on any atom is 0.255 e. The summed E-state index contributed by atoms with van der Waals surface area (Å²) in [7, 11) is 0. The second kappa shape index (κ2) is 7.04. The second-order valence-electron chi connectivity index (χ2n) is 4.29. The molecule has 0 aliphatic carbocycles. The predicted octanol–water partition coefficient (Wildman–Crippen LogP) is 2.66. The van der Waals surface area contributed by atoms with Crippen LogP contribution in [0.15, 0.2) is 18.2 Å². The number of amides is 1. The maximum atomic E-state index is 13.0. The van der Waals surface area contributed by atoms with Crippen molar-refractivity contribution in [3.05, 3.63) is 33.1 Å². The number of halogens is 2. The molecule has 18 heavy (non-hydrogen) atoms. The lowest BCUT2D eigenvalue weighted by atomic mass is 10.1. The first-order chi connectivity index (χ1) is 8.47. The van der Waals surface area contributed by atoms with Crippen LogP contribution in [0.25, 0.3) is 0 Å². The smallest absolute Gasteiger partial charge is 0.255 e. The number of carbonyl (C=O) groups excluding carboxylic acids is 1. The Labute approximate surface area is 120 Å². The lowest BCUT2D eigenvalue weighted by molar-refractivity contribution is 0.0692. The molecule has 100 valence electrons. The zero-order valence-electron chi connectivity index (χ0n) is 10.5. The van der Waals surface area contributed by atoms with E-state index >= 15 is 0 Å². The van der Waals surface area contributed by atoms with Gasteiger partial charge in [0.1, 0.15) is 5.82 Å². The molecule has 0 spiro atoms. The van der Waals surface area contributed by atoms with Crippen molar-refractivity contribution >= 4 is 28.5 Å². The van der Waals surface area contributed by atoms with Crippen LogP contribution in [0.5, 0.6) is 0 Å². The fraction of sp³-hybridized carbons (Fsp3) is 0.462. The van der Waals surface area contributed by atoms with Gasteiger partial charge < -0.3 is 10.0 Å². The third-order valence-corrected chi connectivity index (χ3v) is 3.50. The quantitative estimate of drug-likeness (QED) is 0.816. The molecule has 0 heterocycles. The molecule has 0 atom stereocenters. The Hall–Kier alpha value is -0.690. The van der Waals surface area contributed by atoms with Gasteiger partial charge in [0, 0.05) is 22.8 Å². The zero-order valence-corrected chi connectivity index (χ0v) is 12.6. The Bertz CT molecular complexity index is 423. The van der Waals surface area contributed by atoms with Crippen LogP contribution in [0.1, 0.15) is 30.6 Å². The molecule has 3 nitrogen and oxygen atoms in total. The lowest BCUT2D eigenvalue weighted by Gasteiger charge is -2.27. The summed E-state index contributed by atoms with van der Waals surface area (Å²) in [6.45, 7) is 4.40. The number of aliphatic hydroxyl groups is 1. The molecule has 0 aliphatic rings. The van der Waals surface area contributed by atoms with E-state index in [0.717, 1.165) is 0 Å². The first kappa shape index (κ1) is 15.4. The SMILES string of the molecule is CC(C)N(CCCO)C(=O)c1ccc(F)cc1I. The molecule has 0 unspecified atom stereocenters. The summed E-state index contributed by atoms with van der Waals surface area (Å²) in [5, 5.41) is 8.85. The van der Waals surface area contributed by atoms with Crippen molar-refractivity contribution in [2.24, 2.45) is 0 Å². The number of aliphatic hydroxyl groups excluding tert-OH is 1. The molecule has 0 radical (unpaired) electrons. The summed E-state index contributed by atoms with van der Waals surface area (Å²) >= 11 is 1.96. The van der Waals surface area contributed by atoms with Crippen molar-refractivity contribution in [2.45, 2.75) is 26.3 Å². The summed E-state index contributed by atoms with van der Waals surface area (Å²) in [6.07, 6.45) is 0.543. The molecule has 0 saturated heterocycles. The van der Waals surface area contributed by atoms with E-state index < -0.39 is 0 Å². The number of nitrogens with zero attached hydrogens (tertiary/aromatic N) is 1. The number of hydrogen-bond acceptors (Lipinski definition) is 2. The van der Waals surface area contributed by atoms with Gasteiger partial charge in [0.25, 0.3) is 5.91 Å². The first-order valence-corrected chi connectivity index (χ1v) is 6.92. The number of benzene rings is 1. The molecule has 0 aromatic heterocycles. The molecule has 1 amide bonds. The summed E-state index contributed by atoms with van der Waals surface area (Å²) in [5.74, 6) is -0.467.